The molecule has 1 rings (SSSR count). The number of halogens is 7. The SMILES string of the molecule is CCN(CC)c1ccc(C(CC(F)(F)C(F)(F)C(F)(F)F)OC)cc1. The summed E-state index contributed by atoms with van der Waals surface area (Å²) in [6.07, 6.45) is -9.74. The maximum Gasteiger partial charge on any atom is 0.459 e. The molecule has 9 heteroatoms. The highest BCUT2D eigenvalue weighted by atomic mass is 19.4. The van der Waals surface area contributed by atoms with E-state index in [0.717, 1.165) is 12.8 Å². The van der Waals surface area contributed by atoms with Crippen LogP contribution in [0.15, 0.2) is 24.3 Å². The Labute approximate surface area is 141 Å². The van der Waals surface area contributed by atoms with Gasteiger partial charge in [-0.3, -0.25) is 0 Å². The minimum absolute atomic E-state index is 0.0936. The van der Waals surface area contributed by atoms with Gasteiger partial charge in [0.15, 0.2) is 0 Å². The van der Waals surface area contributed by atoms with Crippen molar-refractivity contribution >= 4 is 5.69 Å². The van der Waals surface area contributed by atoms with Crippen LogP contribution >= 0.6 is 0 Å². The van der Waals surface area contributed by atoms with Crippen LogP contribution in [-0.2, 0) is 4.74 Å². The molecular formula is C16H20F7NO. The van der Waals surface area contributed by atoms with Gasteiger partial charge in [-0.15, -0.1) is 0 Å². The second kappa shape index (κ2) is 7.80. The first-order valence-electron chi connectivity index (χ1n) is 7.61. The Hall–Kier alpha value is -1.51. The van der Waals surface area contributed by atoms with Crippen LogP contribution in [0.3, 0.4) is 0 Å². The molecule has 0 amide bonds. The number of rotatable bonds is 8. The minimum atomic E-state index is -6.35. The van der Waals surface area contributed by atoms with Crippen LogP contribution in [0.25, 0.3) is 0 Å². The van der Waals surface area contributed by atoms with E-state index in [9.17, 15) is 30.7 Å². The first kappa shape index (κ1) is 21.5. The molecule has 0 aliphatic rings. The summed E-state index contributed by atoms with van der Waals surface area (Å²) >= 11 is 0. The predicted molar refractivity (Wildman–Crippen MR) is 80.3 cm³/mol. The Balaban J connectivity index is 3.03. The third kappa shape index (κ3) is 4.56. The highest BCUT2D eigenvalue weighted by Gasteiger charge is 2.73. The highest BCUT2D eigenvalue weighted by molar-refractivity contribution is 5.47. The molecule has 0 spiro atoms. The number of anilines is 1. The lowest BCUT2D eigenvalue weighted by Gasteiger charge is -2.30. The molecule has 25 heavy (non-hydrogen) atoms. The average molecular weight is 375 g/mol. The maximum atomic E-state index is 13.6. The van der Waals surface area contributed by atoms with Crippen molar-refractivity contribution in [2.45, 2.75) is 44.4 Å². The lowest BCUT2D eigenvalue weighted by atomic mass is 9.98. The van der Waals surface area contributed by atoms with E-state index in [4.69, 9.17) is 4.74 Å². The van der Waals surface area contributed by atoms with Crippen molar-refractivity contribution in [2.24, 2.45) is 0 Å². The normalized spacial score (nSPS) is 14.5. The zero-order chi connectivity index (χ0) is 19.5. The summed E-state index contributed by atoms with van der Waals surface area (Å²) in [6.45, 7) is 5.21. The average Bonchev–Trinajstić information content (AvgIpc) is 2.53. The third-order valence-corrected chi connectivity index (χ3v) is 3.94. The van der Waals surface area contributed by atoms with Gasteiger partial charge in [-0.05, 0) is 31.5 Å². The summed E-state index contributed by atoms with van der Waals surface area (Å²) in [7, 11) is 0.977. The molecule has 1 unspecified atom stereocenters. The molecular weight excluding hydrogens is 355 g/mol. The smallest absolute Gasteiger partial charge is 0.377 e. The van der Waals surface area contributed by atoms with Gasteiger partial charge in [-0.1, -0.05) is 12.1 Å². The van der Waals surface area contributed by atoms with Crippen molar-refractivity contribution in [3.63, 3.8) is 0 Å². The van der Waals surface area contributed by atoms with Gasteiger partial charge in [0, 0.05) is 32.3 Å². The van der Waals surface area contributed by atoms with Gasteiger partial charge < -0.3 is 9.64 Å². The van der Waals surface area contributed by atoms with Crippen LogP contribution < -0.4 is 4.90 Å². The summed E-state index contributed by atoms with van der Waals surface area (Å²) in [5.74, 6) is -11.4. The molecule has 0 radical (unpaired) electrons. The topological polar surface area (TPSA) is 12.5 Å². The Morgan fingerprint density at radius 2 is 1.40 bits per heavy atom. The Morgan fingerprint density at radius 1 is 0.920 bits per heavy atom. The van der Waals surface area contributed by atoms with Crippen molar-refractivity contribution in [1.29, 1.82) is 0 Å². The Bertz CT molecular complexity index is 538. The molecule has 0 bridgehead atoms. The lowest BCUT2D eigenvalue weighted by Crippen LogP contribution is -2.52. The van der Waals surface area contributed by atoms with E-state index in [0.29, 0.717) is 13.1 Å². The van der Waals surface area contributed by atoms with E-state index < -0.39 is 30.5 Å². The van der Waals surface area contributed by atoms with Crippen LogP contribution in [0.2, 0.25) is 0 Å². The van der Waals surface area contributed by atoms with Gasteiger partial charge in [-0.25, -0.2) is 0 Å². The quantitative estimate of drug-likeness (QED) is 0.561. The summed E-state index contributed by atoms with van der Waals surface area (Å²) in [4.78, 5) is 1.96. The molecule has 0 aliphatic heterocycles. The van der Waals surface area contributed by atoms with Gasteiger partial charge in [-0.2, -0.15) is 30.7 Å². The molecule has 0 saturated heterocycles. The molecule has 1 atom stereocenters. The third-order valence-electron chi connectivity index (χ3n) is 3.94. The van der Waals surface area contributed by atoms with Gasteiger partial charge in [0.2, 0.25) is 0 Å². The van der Waals surface area contributed by atoms with Crippen LogP contribution in [0, 0.1) is 0 Å². The summed E-state index contributed by atoms with van der Waals surface area (Å²) in [5.41, 5.74) is 0.868. The van der Waals surface area contributed by atoms with Gasteiger partial charge in [0.25, 0.3) is 0 Å². The molecule has 0 saturated carbocycles. The lowest BCUT2D eigenvalue weighted by molar-refractivity contribution is -0.358. The van der Waals surface area contributed by atoms with Crippen molar-refractivity contribution < 1.29 is 35.5 Å². The van der Waals surface area contributed by atoms with Crippen LogP contribution in [-0.4, -0.2) is 38.2 Å². The fourth-order valence-electron chi connectivity index (χ4n) is 2.39. The van der Waals surface area contributed by atoms with E-state index >= 15 is 0 Å². The van der Waals surface area contributed by atoms with Gasteiger partial charge in [0.1, 0.15) is 0 Å². The van der Waals surface area contributed by atoms with Crippen LogP contribution in [0.4, 0.5) is 36.4 Å². The van der Waals surface area contributed by atoms with E-state index in [-0.39, 0.29) is 5.56 Å². The van der Waals surface area contributed by atoms with E-state index in [2.05, 4.69) is 0 Å². The summed E-state index contributed by atoms with van der Waals surface area (Å²) in [6, 6.07) is 5.91. The van der Waals surface area contributed by atoms with E-state index in [1.54, 1.807) is 12.1 Å². The number of benzene rings is 1. The molecule has 144 valence electrons. The van der Waals surface area contributed by atoms with E-state index in [1.807, 2.05) is 18.7 Å². The second-order valence-corrected chi connectivity index (χ2v) is 5.47. The van der Waals surface area contributed by atoms with Crippen molar-refractivity contribution in [1.82, 2.24) is 0 Å². The van der Waals surface area contributed by atoms with Gasteiger partial charge >= 0.3 is 18.0 Å². The van der Waals surface area contributed by atoms with Crippen molar-refractivity contribution in [3.8, 4) is 0 Å². The standard InChI is InChI=1S/C16H20F7NO/c1-4-24(5-2)12-8-6-11(7-9-12)13(25-3)10-14(17,18)15(19,20)16(21,22)23/h6-9,13H,4-5,10H2,1-3H3. The van der Waals surface area contributed by atoms with Crippen molar-refractivity contribution in [3.05, 3.63) is 29.8 Å². The number of alkyl halides is 7. The molecule has 0 aliphatic carbocycles. The molecule has 2 nitrogen and oxygen atoms in total. The summed E-state index contributed by atoms with van der Waals surface area (Å²) < 4.78 is 94.7. The molecule has 1 aromatic rings. The fraction of sp³-hybridized carbons (Fsp3) is 0.625. The number of nitrogens with zero attached hydrogens (tertiary/aromatic N) is 1. The number of methoxy groups -OCH3 is 1. The number of ether oxygens (including phenoxy) is 1. The minimum Gasteiger partial charge on any atom is -0.377 e. The van der Waals surface area contributed by atoms with E-state index in [1.165, 1.54) is 12.1 Å². The largest absolute Gasteiger partial charge is 0.459 e. The second-order valence-electron chi connectivity index (χ2n) is 5.47. The molecule has 0 N–H and O–H groups in total. The first-order chi connectivity index (χ1) is 11.4. The first-order valence-corrected chi connectivity index (χ1v) is 7.61. The van der Waals surface area contributed by atoms with Crippen molar-refractivity contribution in [2.75, 3.05) is 25.1 Å². The van der Waals surface area contributed by atoms with Crippen LogP contribution in [0.1, 0.15) is 31.9 Å². The zero-order valence-electron chi connectivity index (χ0n) is 14.0. The van der Waals surface area contributed by atoms with Crippen LogP contribution in [0.5, 0.6) is 0 Å². The number of hydrogen-bond donors (Lipinski definition) is 0. The zero-order valence-corrected chi connectivity index (χ0v) is 14.0. The Morgan fingerprint density at radius 3 is 1.76 bits per heavy atom. The van der Waals surface area contributed by atoms with Gasteiger partial charge in [0.05, 0.1) is 6.10 Å². The molecule has 0 fully saturated rings. The highest BCUT2D eigenvalue weighted by Crippen LogP contribution is 2.50. The number of hydrogen-bond acceptors (Lipinski definition) is 2. The maximum absolute atomic E-state index is 13.6. The molecule has 1 aromatic carbocycles. The fourth-order valence-corrected chi connectivity index (χ4v) is 2.39. The Kier molecular flexibility index (Phi) is 6.72. The molecule has 0 heterocycles. The molecule has 0 aromatic heterocycles. The summed E-state index contributed by atoms with van der Waals surface area (Å²) in [5, 5.41) is 0. The predicted octanol–water partition coefficient (Wildman–Crippen LogP) is 5.44. The monoisotopic (exact) mass is 375 g/mol.